The van der Waals surface area contributed by atoms with Gasteiger partial charge in [-0.1, -0.05) is 0 Å². The quantitative estimate of drug-likeness (QED) is 0.680. The molecule has 0 aromatic rings. The number of carbonyl (C=O) groups is 1. The Morgan fingerprint density at radius 1 is 1.07 bits per heavy atom. The van der Waals surface area contributed by atoms with Gasteiger partial charge in [0.1, 0.15) is 5.60 Å². The lowest BCUT2D eigenvalue weighted by Crippen LogP contribution is -2.31. The van der Waals surface area contributed by atoms with Crippen LogP contribution in [0.5, 0.6) is 0 Å². The maximum Gasteiger partial charge on any atom is 0.311 e. The van der Waals surface area contributed by atoms with E-state index in [4.69, 9.17) is 9.47 Å². The van der Waals surface area contributed by atoms with Gasteiger partial charge in [0.05, 0.1) is 18.1 Å². The first-order valence-corrected chi connectivity index (χ1v) is 5.38. The first-order valence-electron chi connectivity index (χ1n) is 5.38. The lowest BCUT2D eigenvalue weighted by molar-refractivity contribution is -0.163. The van der Waals surface area contributed by atoms with Crippen LogP contribution in [0.2, 0.25) is 0 Å². The number of carbonyl (C=O) groups excluding carboxylic acids is 1. The van der Waals surface area contributed by atoms with Crippen LogP contribution in [0.15, 0.2) is 0 Å². The van der Waals surface area contributed by atoms with Gasteiger partial charge >= 0.3 is 5.97 Å². The summed E-state index contributed by atoms with van der Waals surface area (Å²) in [6, 6.07) is 0. The molecule has 90 valence electrons. The van der Waals surface area contributed by atoms with E-state index in [2.05, 4.69) is 0 Å². The van der Waals surface area contributed by atoms with E-state index in [0.29, 0.717) is 6.61 Å². The molecule has 0 saturated carbocycles. The molecule has 1 atom stereocenters. The van der Waals surface area contributed by atoms with Gasteiger partial charge in [-0.2, -0.15) is 0 Å². The third-order valence-corrected chi connectivity index (χ3v) is 1.58. The van der Waals surface area contributed by atoms with E-state index in [1.54, 1.807) is 0 Å². The van der Waals surface area contributed by atoms with E-state index in [1.807, 2.05) is 48.5 Å². The zero-order chi connectivity index (χ0) is 12.3. The number of esters is 1. The molecule has 0 amide bonds. The third-order valence-electron chi connectivity index (χ3n) is 1.58. The minimum atomic E-state index is -0.424. The summed E-state index contributed by atoms with van der Waals surface area (Å²) in [4.78, 5) is 11.6. The van der Waals surface area contributed by atoms with Crippen LogP contribution in [0.4, 0.5) is 0 Å². The smallest absolute Gasteiger partial charge is 0.311 e. The van der Waals surface area contributed by atoms with Crippen molar-refractivity contribution >= 4 is 5.97 Å². The zero-order valence-electron chi connectivity index (χ0n) is 11.0. The summed E-state index contributed by atoms with van der Waals surface area (Å²) in [6.07, 6.45) is 0. The largest absolute Gasteiger partial charge is 0.460 e. The van der Waals surface area contributed by atoms with Gasteiger partial charge < -0.3 is 9.47 Å². The SMILES string of the molecule is CC(COC(C)(C)C)C(=O)OC(C)(C)C. The van der Waals surface area contributed by atoms with Gasteiger partial charge in [0.15, 0.2) is 0 Å². The summed E-state index contributed by atoms with van der Waals surface area (Å²) >= 11 is 0. The second-order valence-electron chi connectivity index (χ2n) is 5.86. The molecule has 0 bridgehead atoms. The van der Waals surface area contributed by atoms with E-state index in [9.17, 15) is 4.79 Å². The van der Waals surface area contributed by atoms with Crippen molar-refractivity contribution in [2.45, 2.75) is 59.7 Å². The minimum absolute atomic E-state index is 0.202. The Balaban J connectivity index is 4.01. The highest BCUT2D eigenvalue weighted by atomic mass is 16.6. The van der Waals surface area contributed by atoms with Crippen molar-refractivity contribution in [3.8, 4) is 0 Å². The van der Waals surface area contributed by atoms with Crippen molar-refractivity contribution in [2.24, 2.45) is 5.92 Å². The van der Waals surface area contributed by atoms with Crippen molar-refractivity contribution in [3.05, 3.63) is 0 Å². The van der Waals surface area contributed by atoms with Crippen LogP contribution in [0.3, 0.4) is 0 Å². The van der Waals surface area contributed by atoms with Crippen molar-refractivity contribution in [1.82, 2.24) is 0 Å². The van der Waals surface area contributed by atoms with Crippen molar-refractivity contribution in [2.75, 3.05) is 6.61 Å². The molecular weight excluding hydrogens is 192 g/mol. The number of hydrogen-bond donors (Lipinski definition) is 0. The minimum Gasteiger partial charge on any atom is -0.460 e. The zero-order valence-corrected chi connectivity index (χ0v) is 11.0. The Labute approximate surface area is 93.1 Å². The molecule has 0 spiro atoms. The summed E-state index contributed by atoms with van der Waals surface area (Å²) < 4.78 is 10.8. The molecule has 0 aliphatic heterocycles. The lowest BCUT2D eigenvalue weighted by atomic mass is 10.1. The molecule has 0 heterocycles. The number of ether oxygens (including phenoxy) is 2. The highest BCUT2D eigenvalue weighted by molar-refractivity contribution is 5.72. The van der Waals surface area contributed by atoms with Crippen LogP contribution in [-0.4, -0.2) is 23.8 Å². The predicted octanol–water partition coefficient (Wildman–Crippen LogP) is 2.78. The Hall–Kier alpha value is -0.570. The summed E-state index contributed by atoms with van der Waals surface area (Å²) in [7, 11) is 0. The lowest BCUT2D eigenvalue weighted by Gasteiger charge is -2.25. The fraction of sp³-hybridized carbons (Fsp3) is 0.917. The molecule has 0 fully saturated rings. The van der Waals surface area contributed by atoms with Gasteiger partial charge in [-0.3, -0.25) is 4.79 Å². The fourth-order valence-electron chi connectivity index (χ4n) is 0.845. The molecule has 0 aromatic heterocycles. The Kier molecular flexibility index (Phi) is 4.78. The molecule has 0 aliphatic carbocycles. The number of hydrogen-bond acceptors (Lipinski definition) is 3. The molecule has 0 radical (unpaired) electrons. The Bertz CT molecular complexity index is 208. The van der Waals surface area contributed by atoms with Gasteiger partial charge in [-0.15, -0.1) is 0 Å². The van der Waals surface area contributed by atoms with Crippen molar-refractivity contribution < 1.29 is 14.3 Å². The molecule has 0 rings (SSSR count). The summed E-state index contributed by atoms with van der Waals surface area (Å²) in [5.41, 5.74) is -0.636. The standard InChI is InChI=1S/C12H24O3/c1-9(8-14-11(2,3)4)10(13)15-12(5,6)7/h9H,8H2,1-7H3. The highest BCUT2D eigenvalue weighted by Gasteiger charge is 2.23. The molecule has 3 nitrogen and oxygen atoms in total. The molecule has 3 heteroatoms. The van der Waals surface area contributed by atoms with Gasteiger partial charge in [0, 0.05) is 0 Å². The molecule has 0 N–H and O–H groups in total. The molecule has 0 aromatic carbocycles. The van der Waals surface area contributed by atoms with E-state index in [0.717, 1.165) is 0 Å². The molecular formula is C12H24O3. The third kappa shape index (κ3) is 8.43. The summed E-state index contributed by atoms with van der Waals surface area (Å²) in [5, 5.41) is 0. The molecule has 0 aliphatic rings. The maximum atomic E-state index is 11.6. The fourth-order valence-corrected chi connectivity index (χ4v) is 0.845. The molecule has 15 heavy (non-hydrogen) atoms. The average Bonchev–Trinajstić information content (AvgIpc) is 1.95. The number of rotatable bonds is 3. The Morgan fingerprint density at radius 2 is 1.53 bits per heavy atom. The van der Waals surface area contributed by atoms with Gasteiger partial charge in [0.25, 0.3) is 0 Å². The average molecular weight is 216 g/mol. The van der Waals surface area contributed by atoms with Gasteiger partial charge in [0.2, 0.25) is 0 Å². The van der Waals surface area contributed by atoms with Crippen LogP contribution in [0, 0.1) is 5.92 Å². The molecule has 1 unspecified atom stereocenters. The van der Waals surface area contributed by atoms with E-state index in [1.165, 1.54) is 0 Å². The van der Waals surface area contributed by atoms with Crippen LogP contribution in [-0.2, 0) is 14.3 Å². The van der Waals surface area contributed by atoms with Crippen LogP contribution < -0.4 is 0 Å². The second-order valence-corrected chi connectivity index (χ2v) is 5.86. The van der Waals surface area contributed by atoms with E-state index < -0.39 is 5.60 Å². The van der Waals surface area contributed by atoms with Crippen molar-refractivity contribution in [1.29, 1.82) is 0 Å². The Morgan fingerprint density at radius 3 is 1.87 bits per heavy atom. The second kappa shape index (κ2) is 4.97. The van der Waals surface area contributed by atoms with Gasteiger partial charge in [-0.25, -0.2) is 0 Å². The normalized spacial score (nSPS) is 14.9. The van der Waals surface area contributed by atoms with Crippen LogP contribution in [0.25, 0.3) is 0 Å². The van der Waals surface area contributed by atoms with Crippen LogP contribution >= 0.6 is 0 Å². The highest BCUT2D eigenvalue weighted by Crippen LogP contribution is 2.14. The summed E-state index contributed by atoms with van der Waals surface area (Å²) in [5.74, 6) is -0.421. The van der Waals surface area contributed by atoms with Crippen LogP contribution in [0.1, 0.15) is 48.5 Å². The van der Waals surface area contributed by atoms with Crippen molar-refractivity contribution in [3.63, 3.8) is 0 Å². The van der Waals surface area contributed by atoms with E-state index >= 15 is 0 Å². The molecule has 0 saturated heterocycles. The van der Waals surface area contributed by atoms with E-state index in [-0.39, 0.29) is 17.5 Å². The first kappa shape index (κ1) is 14.4. The first-order chi connectivity index (χ1) is 6.51. The van der Waals surface area contributed by atoms with Gasteiger partial charge in [-0.05, 0) is 48.5 Å². The topological polar surface area (TPSA) is 35.5 Å². The monoisotopic (exact) mass is 216 g/mol. The summed E-state index contributed by atoms with van der Waals surface area (Å²) in [6.45, 7) is 13.7. The maximum absolute atomic E-state index is 11.6. The predicted molar refractivity (Wildman–Crippen MR) is 60.7 cm³/mol.